The van der Waals surface area contributed by atoms with Crippen molar-refractivity contribution in [3.05, 3.63) is 53.1 Å². The number of fused-ring (bicyclic) bond motifs is 1. The molecule has 1 unspecified atom stereocenters. The number of carbonyl (C=O) groups is 1. The van der Waals surface area contributed by atoms with Gasteiger partial charge in [-0.15, -0.1) is 0 Å². The van der Waals surface area contributed by atoms with Gasteiger partial charge in [0.05, 0.1) is 16.1 Å². The molecular formula is C15H13ClN4O2. The van der Waals surface area contributed by atoms with Gasteiger partial charge in [-0.25, -0.2) is 9.97 Å². The third kappa shape index (κ3) is 2.93. The van der Waals surface area contributed by atoms with Crippen molar-refractivity contribution in [3.63, 3.8) is 0 Å². The van der Waals surface area contributed by atoms with Crippen molar-refractivity contribution in [1.82, 2.24) is 15.0 Å². The average Bonchev–Trinajstić information content (AvgIpc) is 2.91. The number of H-pyrrole nitrogens is 1. The molecule has 3 N–H and O–H groups in total. The van der Waals surface area contributed by atoms with Crippen molar-refractivity contribution in [2.45, 2.75) is 13.0 Å². The van der Waals surface area contributed by atoms with E-state index in [0.29, 0.717) is 16.5 Å². The van der Waals surface area contributed by atoms with Crippen LogP contribution < -0.4 is 5.32 Å². The number of hydrogen-bond donors (Lipinski definition) is 3. The quantitative estimate of drug-likeness (QED) is 0.693. The zero-order chi connectivity index (χ0) is 15.7. The van der Waals surface area contributed by atoms with E-state index < -0.39 is 6.10 Å². The predicted molar refractivity (Wildman–Crippen MR) is 83.9 cm³/mol. The summed E-state index contributed by atoms with van der Waals surface area (Å²) in [5, 5.41) is 12.8. The van der Waals surface area contributed by atoms with Crippen molar-refractivity contribution in [2.75, 3.05) is 5.32 Å². The fraction of sp³-hybridized carbons (Fsp3) is 0.133. The van der Waals surface area contributed by atoms with Crippen LogP contribution in [-0.2, 0) is 0 Å². The predicted octanol–water partition coefficient (Wildman–Crippen LogP) is 2.92. The molecule has 0 radical (unpaired) electrons. The molecular weight excluding hydrogens is 304 g/mol. The monoisotopic (exact) mass is 316 g/mol. The molecule has 112 valence electrons. The second-order valence-corrected chi connectivity index (χ2v) is 5.28. The zero-order valence-electron chi connectivity index (χ0n) is 11.7. The van der Waals surface area contributed by atoms with Crippen LogP contribution in [0, 0.1) is 0 Å². The lowest BCUT2D eigenvalue weighted by molar-refractivity contribution is 0.102. The highest BCUT2D eigenvalue weighted by atomic mass is 35.5. The van der Waals surface area contributed by atoms with Crippen molar-refractivity contribution in [3.8, 4) is 0 Å². The van der Waals surface area contributed by atoms with Crippen LogP contribution in [0.25, 0.3) is 11.0 Å². The van der Waals surface area contributed by atoms with Gasteiger partial charge in [0, 0.05) is 11.9 Å². The van der Waals surface area contributed by atoms with Gasteiger partial charge in [0.25, 0.3) is 5.91 Å². The summed E-state index contributed by atoms with van der Waals surface area (Å²) in [7, 11) is 0. The van der Waals surface area contributed by atoms with Crippen LogP contribution in [-0.4, -0.2) is 26.0 Å². The van der Waals surface area contributed by atoms with Gasteiger partial charge < -0.3 is 15.4 Å². The number of hydrogen-bond acceptors (Lipinski definition) is 4. The fourth-order valence-corrected chi connectivity index (χ4v) is 2.12. The standard InChI is InChI=1S/C15H13ClN4O2/c1-8(21)14-19-11-5-3-10(6-13(11)20-14)18-15(22)12-4-2-9(16)7-17-12/h2-8,21H,1H3,(H,18,22)(H,19,20). The number of aliphatic hydroxyl groups is 1. The van der Waals surface area contributed by atoms with Gasteiger partial charge in [0.1, 0.15) is 17.6 Å². The van der Waals surface area contributed by atoms with E-state index in [1.807, 2.05) is 0 Å². The Morgan fingerprint density at radius 3 is 2.86 bits per heavy atom. The number of aromatic amines is 1. The van der Waals surface area contributed by atoms with Crippen LogP contribution in [0.5, 0.6) is 0 Å². The topological polar surface area (TPSA) is 90.9 Å². The largest absolute Gasteiger partial charge is 0.385 e. The molecule has 0 saturated heterocycles. The summed E-state index contributed by atoms with van der Waals surface area (Å²) >= 11 is 5.74. The molecule has 0 fully saturated rings. The van der Waals surface area contributed by atoms with Gasteiger partial charge in [-0.1, -0.05) is 11.6 Å². The lowest BCUT2D eigenvalue weighted by Gasteiger charge is -2.04. The summed E-state index contributed by atoms with van der Waals surface area (Å²) in [4.78, 5) is 23.3. The molecule has 3 aromatic rings. The van der Waals surface area contributed by atoms with E-state index in [2.05, 4.69) is 20.3 Å². The molecule has 0 spiro atoms. The number of nitrogens with one attached hydrogen (secondary N) is 2. The minimum absolute atomic E-state index is 0.277. The third-order valence-electron chi connectivity index (χ3n) is 3.11. The molecule has 1 atom stereocenters. The van der Waals surface area contributed by atoms with Gasteiger partial charge in [-0.05, 0) is 37.3 Å². The molecule has 2 heterocycles. The van der Waals surface area contributed by atoms with E-state index >= 15 is 0 Å². The molecule has 7 heteroatoms. The van der Waals surface area contributed by atoms with E-state index in [1.165, 1.54) is 6.20 Å². The Bertz CT molecular complexity index is 827. The molecule has 0 aliphatic carbocycles. The summed E-state index contributed by atoms with van der Waals surface area (Å²) in [5.41, 5.74) is 2.34. The fourth-order valence-electron chi connectivity index (χ4n) is 2.01. The Balaban J connectivity index is 1.84. The first-order valence-corrected chi connectivity index (χ1v) is 7.01. The number of halogens is 1. The molecule has 1 amide bonds. The highest BCUT2D eigenvalue weighted by Gasteiger charge is 2.10. The van der Waals surface area contributed by atoms with E-state index in [0.717, 1.165) is 11.0 Å². The van der Waals surface area contributed by atoms with Crippen molar-refractivity contribution >= 4 is 34.2 Å². The smallest absolute Gasteiger partial charge is 0.274 e. The molecule has 2 aromatic heterocycles. The van der Waals surface area contributed by atoms with E-state index in [4.69, 9.17) is 11.6 Å². The minimum atomic E-state index is -0.677. The third-order valence-corrected chi connectivity index (χ3v) is 3.34. The number of amides is 1. The first kappa shape index (κ1) is 14.5. The van der Waals surface area contributed by atoms with Crippen LogP contribution in [0.3, 0.4) is 0 Å². The summed E-state index contributed by atoms with van der Waals surface area (Å²) in [5.74, 6) is 0.157. The number of anilines is 1. The van der Waals surface area contributed by atoms with Gasteiger partial charge >= 0.3 is 0 Å². The Kier molecular flexibility index (Phi) is 3.79. The van der Waals surface area contributed by atoms with Gasteiger partial charge in [-0.2, -0.15) is 0 Å². The normalized spacial score (nSPS) is 12.3. The highest BCUT2D eigenvalue weighted by Crippen LogP contribution is 2.20. The lowest BCUT2D eigenvalue weighted by Crippen LogP contribution is -2.13. The Hall–Kier alpha value is -2.44. The molecule has 0 bridgehead atoms. The second kappa shape index (κ2) is 5.75. The van der Waals surface area contributed by atoms with Crippen LogP contribution >= 0.6 is 11.6 Å². The van der Waals surface area contributed by atoms with Crippen molar-refractivity contribution < 1.29 is 9.90 Å². The Morgan fingerprint density at radius 2 is 2.18 bits per heavy atom. The maximum absolute atomic E-state index is 12.1. The number of rotatable bonds is 3. The molecule has 22 heavy (non-hydrogen) atoms. The number of aliphatic hydroxyl groups excluding tert-OH is 1. The summed E-state index contributed by atoms with van der Waals surface area (Å²) < 4.78 is 0. The van der Waals surface area contributed by atoms with E-state index in [-0.39, 0.29) is 11.6 Å². The molecule has 0 aliphatic heterocycles. The van der Waals surface area contributed by atoms with Crippen LogP contribution in [0.15, 0.2) is 36.5 Å². The number of imidazole rings is 1. The number of aromatic nitrogens is 3. The van der Waals surface area contributed by atoms with Crippen molar-refractivity contribution in [1.29, 1.82) is 0 Å². The zero-order valence-corrected chi connectivity index (χ0v) is 12.4. The summed E-state index contributed by atoms with van der Waals surface area (Å²) in [6.07, 6.45) is 0.743. The first-order chi connectivity index (χ1) is 10.5. The van der Waals surface area contributed by atoms with Crippen LogP contribution in [0.2, 0.25) is 5.02 Å². The van der Waals surface area contributed by atoms with Crippen LogP contribution in [0.1, 0.15) is 29.3 Å². The minimum Gasteiger partial charge on any atom is -0.385 e. The Labute approximate surface area is 131 Å². The number of pyridine rings is 1. The maximum Gasteiger partial charge on any atom is 0.274 e. The number of nitrogens with zero attached hydrogens (tertiary/aromatic N) is 2. The second-order valence-electron chi connectivity index (χ2n) is 4.85. The summed E-state index contributed by atoms with van der Waals surface area (Å²) in [6.45, 7) is 1.63. The van der Waals surface area contributed by atoms with Gasteiger partial charge in [0.2, 0.25) is 0 Å². The molecule has 3 rings (SSSR count). The molecule has 1 aromatic carbocycles. The maximum atomic E-state index is 12.1. The molecule has 6 nitrogen and oxygen atoms in total. The molecule has 0 saturated carbocycles. The first-order valence-electron chi connectivity index (χ1n) is 6.63. The van der Waals surface area contributed by atoms with Crippen LogP contribution in [0.4, 0.5) is 5.69 Å². The van der Waals surface area contributed by atoms with E-state index in [1.54, 1.807) is 37.3 Å². The van der Waals surface area contributed by atoms with Gasteiger partial charge in [-0.3, -0.25) is 4.79 Å². The van der Waals surface area contributed by atoms with Crippen molar-refractivity contribution in [2.24, 2.45) is 0 Å². The SMILES string of the molecule is CC(O)c1nc2ccc(NC(=O)c3ccc(Cl)cn3)cc2[nH]1. The number of carbonyl (C=O) groups excluding carboxylic acids is 1. The van der Waals surface area contributed by atoms with Gasteiger partial charge in [0.15, 0.2) is 0 Å². The highest BCUT2D eigenvalue weighted by molar-refractivity contribution is 6.30. The molecule has 0 aliphatic rings. The average molecular weight is 317 g/mol. The Morgan fingerprint density at radius 1 is 1.36 bits per heavy atom. The van der Waals surface area contributed by atoms with E-state index in [9.17, 15) is 9.90 Å². The number of benzene rings is 1. The lowest BCUT2D eigenvalue weighted by atomic mass is 10.2. The summed E-state index contributed by atoms with van der Waals surface area (Å²) in [6, 6.07) is 8.42.